The van der Waals surface area contributed by atoms with Gasteiger partial charge in [-0.3, -0.25) is 4.68 Å². The SMILES string of the molecule is CCn1nc(CC(O)C2CCCO2)c2ccccc21. The number of benzene rings is 1. The Bertz CT molecular complexity index is 558. The number of aromatic nitrogens is 2. The highest BCUT2D eigenvalue weighted by molar-refractivity contribution is 5.82. The van der Waals surface area contributed by atoms with Crippen LogP contribution in [0.25, 0.3) is 10.9 Å². The Labute approximate surface area is 113 Å². The number of nitrogens with zero attached hydrogens (tertiary/aromatic N) is 2. The number of aryl methyl sites for hydroxylation is 1. The number of aliphatic hydroxyl groups is 1. The minimum atomic E-state index is -0.453. The molecule has 1 aromatic heterocycles. The molecule has 2 aromatic rings. The van der Waals surface area contributed by atoms with Gasteiger partial charge < -0.3 is 9.84 Å². The molecule has 19 heavy (non-hydrogen) atoms. The Morgan fingerprint density at radius 3 is 3.05 bits per heavy atom. The number of ether oxygens (including phenoxy) is 1. The molecule has 2 heterocycles. The average Bonchev–Trinajstić information content (AvgIpc) is 3.07. The van der Waals surface area contributed by atoms with Gasteiger partial charge in [0.1, 0.15) is 0 Å². The van der Waals surface area contributed by atoms with Crippen LogP contribution >= 0.6 is 0 Å². The van der Waals surface area contributed by atoms with Crippen molar-refractivity contribution in [3.05, 3.63) is 30.0 Å². The molecule has 1 aliphatic heterocycles. The fourth-order valence-corrected chi connectivity index (χ4v) is 2.82. The molecule has 4 heteroatoms. The van der Waals surface area contributed by atoms with Crippen molar-refractivity contribution in [1.82, 2.24) is 9.78 Å². The molecule has 1 N–H and O–H groups in total. The van der Waals surface area contributed by atoms with Crippen molar-refractivity contribution in [2.24, 2.45) is 0 Å². The smallest absolute Gasteiger partial charge is 0.0858 e. The summed E-state index contributed by atoms with van der Waals surface area (Å²) < 4.78 is 7.54. The lowest BCUT2D eigenvalue weighted by Gasteiger charge is -2.16. The van der Waals surface area contributed by atoms with Crippen LogP contribution in [0.1, 0.15) is 25.5 Å². The summed E-state index contributed by atoms with van der Waals surface area (Å²) in [6.07, 6.45) is 2.09. The minimum Gasteiger partial charge on any atom is -0.390 e. The van der Waals surface area contributed by atoms with Gasteiger partial charge in [0.05, 0.1) is 23.4 Å². The molecule has 0 amide bonds. The second-order valence-electron chi connectivity index (χ2n) is 5.10. The number of hydrogen-bond donors (Lipinski definition) is 1. The van der Waals surface area contributed by atoms with Crippen LogP contribution in [-0.4, -0.2) is 33.7 Å². The van der Waals surface area contributed by atoms with Crippen molar-refractivity contribution in [3.8, 4) is 0 Å². The Hall–Kier alpha value is -1.39. The van der Waals surface area contributed by atoms with E-state index < -0.39 is 6.10 Å². The molecule has 0 spiro atoms. The first-order valence-corrected chi connectivity index (χ1v) is 7.03. The number of fused-ring (bicyclic) bond motifs is 1. The second-order valence-corrected chi connectivity index (χ2v) is 5.10. The van der Waals surface area contributed by atoms with Crippen LogP contribution in [-0.2, 0) is 17.7 Å². The molecule has 1 fully saturated rings. The first-order chi connectivity index (χ1) is 9.29. The van der Waals surface area contributed by atoms with E-state index in [1.54, 1.807) is 0 Å². The third-order valence-corrected chi connectivity index (χ3v) is 3.83. The molecule has 4 nitrogen and oxygen atoms in total. The molecule has 2 atom stereocenters. The van der Waals surface area contributed by atoms with Crippen LogP contribution in [0.4, 0.5) is 0 Å². The van der Waals surface area contributed by atoms with Gasteiger partial charge in [-0.1, -0.05) is 18.2 Å². The zero-order chi connectivity index (χ0) is 13.2. The maximum atomic E-state index is 10.3. The fourth-order valence-electron chi connectivity index (χ4n) is 2.82. The van der Waals surface area contributed by atoms with E-state index in [1.165, 1.54) is 0 Å². The summed E-state index contributed by atoms with van der Waals surface area (Å²) in [5.74, 6) is 0. The molecule has 1 aliphatic rings. The summed E-state index contributed by atoms with van der Waals surface area (Å²) >= 11 is 0. The number of para-hydroxylation sites is 1. The molecule has 1 saturated heterocycles. The summed E-state index contributed by atoms with van der Waals surface area (Å²) in [4.78, 5) is 0. The zero-order valence-corrected chi connectivity index (χ0v) is 11.2. The van der Waals surface area contributed by atoms with Gasteiger partial charge in [0.15, 0.2) is 0 Å². The van der Waals surface area contributed by atoms with E-state index in [0.29, 0.717) is 6.42 Å². The van der Waals surface area contributed by atoms with Crippen molar-refractivity contribution < 1.29 is 9.84 Å². The van der Waals surface area contributed by atoms with E-state index >= 15 is 0 Å². The van der Waals surface area contributed by atoms with Crippen molar-refractivity contribution in [3.63, 3.8) is 0 Å². The van der Waals surface area contributed by atoms with E-state index in [9.17, 15) is 5.11 Å². The minimum absolute atomic E-state index is 0.0226. The Kier molecular flexibility index (Phi) is 3.53. The third-order valence-electron chi connectivity index (χ3n) is 3.83. The van der Waals surface area contributed by atoms with Crippen LogP contribution in [0.15, 0.2) is 24.3 Å². The molecule has 0 radical (unpaired) electrons. The first kappa shape index (κ1) is 12.6. The van der Waals surface area contributed by atoms with E-state index in [-0.39, 0.29) is 6.10 Å². The van der Waals surface area contributed by atoms with Gasteiger partial charge in [-0.2, -0.15) is 5.10 Å². The summed E-state index contributed by atoms with van der Waals surface area (Å²) in [7, 11) is 0. The van der Waals surface area contributed by atoms with E-state index in [4.69, 9.17) is 4.74 Å². The fraction of sp³-hybridized carbons (Fsp3) is 0.533. The van der Waals surface area contributed by atoms with Crippen LogP contribution < -0.4 is 0 Å². The molecular weight excluding hydrogens is 240 g/mol. The van der Waals surface area contributed by atoms with Gasteiger partial charge >= 0.3 is 0 Å². The van der Waals surface area contributed by atoms with Crippen molar-refractivity contribution in [2.45, 2.75) is 44.9 Å². The molecule has 1 aromatic carbocycles. The van der Waals surface area contributed by atoms with Gasteiger partial charge in [0.2, 0.25) is 0 Å². The highest BCUT2D eigenvalue weighted by atomic mass is 16.5. The topological polar surface area (TPSA) is 47.3 Å². The standard InChI is InChI=1S/C15H20N2O2/c1-2-17-13-7-4-3-6-11(13)12(16-17)10-14(18)15-8-5-9-19-15/h3-4,6-7,14-15,18H,2,5,8-10H2,1H3. The van der Waals surface area contributed by atoms with Crippen LogP contribution in [0.5, 0.6) is 0 Å². The van der Waals surface area contributed by atoms with E-state index in [1.807, 2.05) is 16.8 Å². The number of aliphatic hydroxyl groups excluding tert-OH is 1. The van der Waals surface area contributed by atoms with Crippen molar-refractivity contribution in [2.75, 3.05) is 6.61 Å². The van der Waals surface area contributed by atoms with Gasteiger partial charge in [-0.25, -0.2) is 0 Å². The predicted molar refractivity (Wildman–Crippen MR) is 74.1 cm³/mol. The summed E-state index contributed by atoms with van der Waals surface area (Å²) in [5.41, 5.74) is 2.11. The number of rotatable bonds is 4. The van der Waals surface area contributed by atoms with Crippen molar-refractivity contribution in [1.29, 1.82) is 0 Å². The molecule has 102 valence electrons. The lowest BCUT2D eigenvalue weighted by Crippen LogP contribution is -2.27. The molecule has 0 aliphatic carbocycles. The maximum Gasteiger partial charge on any atom is 0.0858 e. The van der Waals surface area contributed by atoms with Gasteiger partial charge in [-0.05, 0) is 25.8 Å². The van der Waals surface area contributed by atoms with E-state index in [0.717, 1.165) is 42.6 Å². The lowest BCUT2D eigenvalue weighted by atomic mass is 10.0. The molecule has 3 rings (SSSR count). The Morgan fingerprint density at radius 2 is 2.32 bits per heavy atom. The molecular formula is C15H20N2O2. The van der Waals surface area contributed by atoms with E-state index in [2.05, 4.69) is 24.2 Å². The number of hydrogen-bond acceptors (Lipinski definition) is 3. The quantitative estimate of drug-likeness (QED) is 0.916. The Morgan fingerprint density at radius 1 is 1.47 bits per heavy atom. The Balaban J connectivity index is 1.87. The predicted octanol–water partition coefficient (Wildman–Crippen LogP) is 2.14. The third kappa shape index (κ3) is 2.38. The van der Waals surface area contributed by atoms with Gasteiger partial charge in [0.25, 0.3) is 0 Å². The highest BCUT2D eigenvalue weighted by Crippen LogP contribution is 2.23. The summed E-state index contributed by atoms with van der Waals surface area (Å²) in [5, 5.41) is 16.0. The first-order valence-electron chi connectivity index (χ1n) is 7.03. The largest absolute Gasteiger partial charge is 0.390 e. The van der Waals surface area contributed by atoms with Crippen LogP contribution in [0.3, 0.4) is 0 Å². The summed E-state index contributed by atoms with van der Waals surface area (Å²) in [6, 6.07) is 8.20. The normalized spacial score (nSPS) is 21.1. The lowest BCUT2D eigenvalue weighted by molar-refractivity contribution is -0.00113. The van der Waals surface area contributed by atoms with Crippen LogP contribution in [0, 0.1) is 0 Å². The van der Waals surface area contributed by atoms with Crippen LogP contribution in [0.2, 0.25) is 0 Å². The molecule has 2 unspecified atom stereocenters. The van der Waals surface area contributed by atoms with Gasteiger partial charge in [0, 0.05) is 25.0 Å². The zero-order valence-electron chi connectivity index (χ0n) is 11.2. The highest BCUT2D eigenvalue weighted by Gasteiger charge is 2.25. The maximum absolute atomic E-state index is 10.3. The van der Waals surface area contributed by atoms with Crippen molar-refractivity contribution >= 4 is 10.9 Å². The second kappa shape index (κ2) is 5.31. The molecule has 0 bridgehead atoms. The molecule has 0 saturated carbocycles. The average molecular weight is 260 g/mol. The summed E-state index contributed by atoms with van der Waals surface area (Å²) in [6.45, 7) is 3.70. The van der Waals surface area contributed by atoms with Gasteiger partial charge in [-0.15, -0.1) is 0 Å². The monoisotopic (exact) mass is 260 g/mol.